The Balaban J connectivity index is 2.02. The Morgan fingerprint density at radius 2 is 1.80 bits per heavy atom. The van der Waals surface area contributed by atoms with Crippen LogP contribution in [0.25, 0.3) is 0 Å². The van der Waals surface area contributed by atoms with Crippen LogP contribution in [0.15, 0.2) is 42.5 Å². The van der Waals surface area contributed by atoms with Crippen molar-refractivity contribution in [3.63, 3.8) is 0 Å². The van der Waals surface area contributed by atoms with Gasteiger partial charge in [0.1, 0.15) is 5.82 Å². The van der Waals surface area contributed by atoms with E-state index in [4.69, 9.17) is 0 Å². The molecule has 2 aromatic rings. The summed E-state index contributed by atoms with van der Waals surface area (Å²) in [6, 6.07) is 12.4. The van der Waals surface area contributed by atoms with E-state index in [9.17, 15) is 9.18 Å². The molecule has 0 saturated carbocycles. The van der Waals surface area contributed by atoms with Crippen molar-refractivity contribution >= 4 is 21.8 Å². The number of nitrogens with one attached hydrogen (secondary N) is 1. The number of hydrogen-bond acceptors (Lipinski definition) is 1. The molecule has 0 bridgehead atoms. The summed E-state index contributed by atoms with van der Waals surface area (Å²) < 4.78 is 13.6. The summed E-state index contributed by atoms with van der Waals surface area (Å²) in [6.07, 6.45) is 0. The van der Waals surface area contributed by atoms with Crippen LogP contribution in [-0.4, -0.2) is 5.91 Å². The van der Waals surface area contributed by atoms with E-state index in [1.165, 1.54) is 11.6 Å². The maximum atomic E-state index is 13.6. The predicted octanol–water partition coefficient (Wildman–Crippen LogP) is 3.96. The van der Waals surface area contributed by atoms with E-state index in [1.807, 2.05) is 31.2 Å². The minimum absolute atomic E-state index is 0.0853. The zero-order valence-corrected chi connectivity index (χ0v) is 12.7. The first-order chi connectivity index (χ1) is 9.60. The van der Waals surface area contributed by atoms with Crippen molar-refractivity contribution in [1.29, 1.82) is 0 Å². The van der Waals surface area contributed by atoms with Crippen LogP contribution in [0, 0.1) is 12.7 Å². The fourth-order valence-corrected chi connectivity index (χ4v) is 2.21. The van der Waals surface area contributed by atoms with Gasteiger partial charge in [-0.25, -0.2) is 4.39 Å². The van der Waals surface area contributed by atoms with Crippen LogP contribution in [0.4, 0.5) is 4.39 Å². The van der Waals surface area contributed by atoms with Crippen LogP contribution in [0.5, 0.6) is 0 Å². The summed E-state index contributed by atoms with van der Waals surface area (Å²) in [4.78, 5) is 12.0. The van der Waals surface area contributed by atoms with Crippen LogP contribution in [0.3, 0.4) is 0 Å². The maximum Gasteiger partial charge on any atom is 0.254 e. The molecule has 0 unspecified atom stereocenters. The number of halogens is 2. The van der Waals surface area contributed by atoms with E-state index >= 15 is 0 Å². The largest absolute Gasteiger partial charge is 0.348 e. The van der Waals surface area contributed by atoms with Crippen molar-refractivity contribution in [3.8, 4) is 0 Å². The first-order valence-electron chi connectivity index (χ1n) is 6.28. The molecule has 0 saturated heterocycles. The third-order valence-electron chi connectivity index (χ3n) is 3.00. The Hall–Kier alpha value is -1.68. The Morgan fingerprint density at radius 3 is 2.45 bits per heavy atom. The van der Waals surface area contributed by atoms with Gasteiger partial charge in [0.25, 0.3) is 5.91 Å². The Kier molecular flexibility index (Phi) is 4.90. The highest BCUT2D eigenvalue weighted by Gasteiger charge is 2.11. The molecule has 104 valence electrons. The van der Waals surface area contributed by atoms with E-state index < -0.39 is 11.7 Å². The van der Waals surface area contributed by atoms with Gasteiger partial charge in [-0.15, -0.1) is 0 Å². The highest BCUT2D eigenvalue weighted by Crippen LogP contribution is 2.11. The molecule has 20 heavy (non-hydrogen) atoms. The average molecular weight is 336 g/mol. The third-order valence-corrected chi connectivity index (χ3v) is 3.64. The van der Waals surface area contributed by atoms with Gasteiger partial charge in [0.15, 0.2) is 0 Å². The zero-order valence-electron chi connectivity index (χ0n) is 11.1. The fraction of sp³-hybridized carbons (Fsp3) is 0.188. The Morgan fingerprint density at radius 1 is 1.15 bits per heavy atom. The molecule has 0 aliphatic carbocycles. The smallest absolute Gasteiger partial charge is 0.254 e. The number of alkyl halides is 1. The average Bonchev–Trinajstić information content (AvgIpc) is 2.47. The summed E-state index contributed by atoms with van der Waals surface area (Å²) in [5.74, 6) is -0.890. The lowest BCUT2D eigenvalue weighted by Crippen LogP contribution is -2.23. The van der Waals surface area contributed by atoms with Crippen molar-refractivity contribution in [3.05, 3.63) is 70.5 Å². The number of aryl methyl sites for hydroxylation is 1. The Bertz CT molecular complexity index is 610. The van der Waals surface area contributed by atoms with E-state index in [2.05, 4.69) is 21.2 Å². The minimum Gasteiger partial charge on any atom is -0.348 e. The summed E-state index contributed by atoms with van der Waals surface area (Å²) in [5, 5.41) is 3.53. The standard InChI is InChI=1S/C16H15BrFNO/c1-11-2-7-15(18)14(8-11)16(20)19-10-13-5-3-12(9-17)4-6-13/h2-8H,9-10H2,1H3,(H,19,20). The normalized spacial score (nSPS) is 10.3. The highest BCUT2D eigenvalue weighted by molar-refractivity contribution is 9.08. The lowest BCUT2D eigenvalue weighted by Gasteiger charge is -2.07. The Labute approximate surface area is 126 Å². The molecule has 0 fully saturated rings. The quantitative estimate of drug-likeness (QED) is 0.842. The van der Waals surface area contributed by atoms with Gasteiger partial charge in [-0.2, -0.15) is 0 Å². The first kappa shape index (κ1) is 14.7. The van der Waals surface area contributed by atoms with Crippen LogP contribution >= 0.6 is 15.9 Å². The maximum absolute atomic E-state index is 13.6. The van der Waals surface area contributed by atoms with E-state index in [-0.39, 0.29) is 5.56 Å². The summed E-state index contributed by atoms with van der Waals surface area (Å²) in [5.41, 5.74) is 3.10. The molecular formula is C16H15BrFNO. The number of benzene rings is 2. The van der Waals surface area contributed by atoms with Crippen molar-refractivity contribution in [1.82, 2.24) is 5.32 Å². The molecule has 0 radical (unpaired) electrons. The summed E-state index contributed by atoms with van der Waals surface area (Å²) >= 11 is 3.38. The monoisotopic (exact) mass is 335 g/mol. The SMILES string of the molecule is Cc1ccc(F)c(C(=O)NCc2ccc(CBr)cc2)c1. The number of amides is 1. The molecule has 2 rings (SSSR count). The molecule has 2 aromatic carbocycles. The van der Waals surface area contributed by atoms with Gasteiger partial charge in [0.2, 0.25) is 0 Å². The van der Waals surface area contributed by atoms with Crippen molar-refractivity contribution in [2.45, 2.75) is 18.8 Å². The summed E-state index contributed by atoms with van der Waals surface area (Å²) in [6.45, 7) is 2.21. The third kappa shape index (κ3) is 3.67. The molecule has 0 atom stereocenters. The van der Waals surface area contributed by atoms with Crippen molar-refractivity contribution in [2.75, 3.05) is 0 Å². The predicted molar refractivity (Wildman–Crippen MR) is 81.4 cm³/mol. The molecule has 0 heterocycles. The van der Waals surface area contributed by atoms with E-state index in [1.54, 1.807) is 12.1 Å². The van der Waals surface area contributed by atoms with Gasteiger partial charge >= 0.3 is 0 Å². The lowest BCUT2D eigenvalue weighted by atomic mass is 10.1. The second kappa shape index (κ2) is 6.66. The molecule has 0 spiro atoms. The van der Waals surface area contributed by atoms with Crippen molar-refractivity contribution in [2.24, 2.45) is 0 Å². The van der Waals surface area contributed by atoms with E-state index in [0.717, 1.165) is 16.5 Å². The summed E-state index contributed by atoms with van der Waals surface area (Å²) in [7, 11) is 0. The van der Waals surface area contributed by atoms with E-state index in [0.29, 0.717) is 6.54 Å². The van der Waals surface area contributed by atoms with Gasteiger partial charge in [-0.1, -0.05) is 51.8 Å². The number of carbonyl (C=O) groups excluding carboxylic acids is 1. The van der Waals surface area contributed by atoms with Crippen LogP contribution in [0.1, 0.15) is 27.0 Å². The molecule has 4 heteroatoms. The number of rotatable bonds is 4. The van der Waals surface area contributed by atoms with Crippen LogP contribution in [0.2, 0.25) is 0 Å². The molecular weight excluding hydrogens is 321 g/mol. The minimum atomic E-state index is -0.497. The van der Waals surface area contributed by atoms with Gasteiger partial charge in [-0.05, 0) is 30.2 Å². The van der Waals surface area contributed by atoms with Gasteiger partial charge in [0, 0.05) is 11.9 Å². The zero-order chi connectivity index (χ0) is 14.5. The van der Waals surface area contributed by atoms with Gasteiger partial charge < -0.3 is 5.32 Å². The highest BCUT2D eigenvalue weighted by atomic mass is 79.9. The molecule has 0 aliphatic heterocycles. The van der Waals surface area contributed by atoms with Crippen LogP contribution in [-0.2, 0) is 11.9 Å². The van der Waals surface area contributed by atoms with Crippen LogP contribution < -0.4 is 5.32 Å². The molecule has 1 N–H and O–H groups in total. The van der Waals surface area contributed by atoms with Gasteiger partial charge in [-0.3, -0.25) is 4.79 Å². The molecule has 0 aromatic heterocycles. The second-order valence-electron chi connectivity index (χ2n) is 4.62. The second-order valence-corrected chi connectivity index (χ2v) is 5.18. The fourth-order valence-electron chi connectivity index (χ4n) is 1.84. The number of hydrogen-bond donors (Lipinski definition) is 1. The topological polar surface area (TPSA) is 29.1 Å². The lowest BCUT2D eigenvalue weighted by molar-refractivity contribution is 0.0947. The number of carbonyl (C=O) groups is 1. The molecule has 0 aliphatic rings. The first-order valence-corrected chi connectivity index (χ1v) is 7.40. The molecule has 2 nitrogen and oxygen atoms in total. The van der Waals surface area contributed by atoms with Gasteiger partial charge in [0.05, 0.1) is 5.56 Å². The molecule has 1 amide bonds. The van der Waals surface area contributed by atoms with Crippen molar-refractivity contribution < 1.29 is 9.18 Å².